The highest BCUT2D eigenvalue weighted by molar-refractivity contribution is 5.29. The van der Waals surface area contributed by atoms with E-state index < -0.39 is 0 Å². The van der Waals surface area contributed by atoms with Gasteiger partial charge in [-0.15, -0.1) is 6.58 Å². The normalized spacial score (nSPS) is 10.7. The van der Waals surface area contributed by atoms with E-state index >= 15 is 0 Å². The molecule has 106 valence electrons. The van der Waals surface area contributed by atoms with E-state index in [2.05, 4.69) is 25.7 Å². The standard InChI is InChI=1S/C16H24FNO/c1-4-5-6-9-19-16-8-7-14(10-15(16)17)12-18-11-13(2)3/h4,7-8,10,13,18H,1,5-6,9,11-12H2,2-3H3. The Morgan fingerprint density at radius 2 is 2.21 bits per heavy atom. The van der Waals surface area contributed by atoms with Crippen molar-refractivity contribution in [1.29, 1.82) is 0 Å². The zero-order valence-corrected chi connectivity index (χ0v) is 11.9. The minimum absolute atomic E-state index is 0.289. The van der Waals surface area contributed by atoms with Gasteiger partial charge in [0.15, 0.2) is 11.6 Å². The number of hydrogen-bond donors (Lipinski definition) is 1. The molecule has 0 fully saturated rings. The lowest BCUT2D eigenvalue weighted by Crippen LogP contribution is -2.19. The summed E-state index contributed by atoms with van der Waals surface area (Å²) in [6.45, 7) is 10.1. The summed E-state index contributed by atoms with van der Waals surface area (Å²) in [5.41, 5.74) is 0.941. The van der Waals surface area contributed by atoms with Gasteiger partial charge in [0.05, 0.1) is 6.61 Å². The predicted octanol–water partition coefficient (Wildman–Crippen LogP) is 3.92. The van der Waals surface area contributed by atoms with Crippen LogP contribution in [0.4, 0.5) is 4.39 Å². The van der Waals surface area contributed by atoms with Gasteiger partial charge in [-0.25, -0.2) is 4.39 Å². The predicted molar refractivity (Wildman–Crippen MR) is 77.9 cm³/mol. The molecule has 0 atom stereocenters. The molecule has 1 aromatic rings. The van der Waals surface area contributed by atoms with E-state index in [-0.39, 0.29) is 5.82 Å². The van der Waals surface area contributed by atoms with Crippen LogP contribution in [0, 0.1) is 11.7 Å². The Labute approximate surface area is 115 Å². The lowest BCUT2D eigenvalue weighted by atomic mass is 10.2. The van der Waals surface area contributed by atoms with Crippen molar-refractivity contribution in [2.75, 3.05) is 13.2 Å². The van der Waals surface area contributed by atoms with Crippen LogP contribution in [0.5, 0.6) is 5.75 Å². The first-order valence-electron chi connectivity index (χ1n) is 6.86. The quantitative estimate of drug-likeness (QED) is 0.540. The van der Waals surface area contributed by atoms with E-state index in [9.17, 15) is 4.39 Å². The van der Waals surface area contributed by atoms with Gasteiger partial charge in [0, 0.05) is 6.54 Å². The molecule has 3 heteroatoms. The Morgan fingerprint density at radius 1 is 1.42 bits per heavy atom. The molecule has 0 saturated carbocycles. The van der Waals surface area contributed by atoms with E-state index in [4.69, 9.17) is 4.74 Å². The Kier molecular flexibility index (Phi) is 7.19. The third-order valence-electron chi connectivity index (χ3n) is 2.69. The highest BCUT2D eigenvalue weighted by atomic mass is 19.1. The highest BCUT2D eigenvalue weighted by Gasteiger charge is 2.04. The van der Waals surface area contributed by atoms with Crippen molar-refractivity contribution in [3.8, 4) is 5.75 Å². The van der Waals surface area contributed by atoms with Crippen molar-refractivity contribution in [3.05, 3.63) is 42.2 Å². The van der Waals surface area contributed by atoms with Gasteiger partial charge in [0.2, 0.25) is 0 Å². The molecule has 0 aromatic heterocycles. The number of rotatable bonds is 9. The van der Waals surface area contributed by atoms with Gasteiger partial charge in [0.25, 0.3) is 0 Å². The van der Waals surface area contributed by atoms with Crippen LogP contribution in [0.15, 0.2) is 30.9 Å². The van der Waals surface area contributed by atoms with E-state index in [1.54, 1.807) is 6.07 Å². The summed E-state index contributed by atoms with van der Waals surface area (Å²) in [7, 11) is 0. The molecule has 0 bridgehead atoms. The molecule has 0 heterocycles. The SMILES string of the molecule is C=CCCCOc1ccc(CNCC(C)C)cc1F. The number of unbranched alkanes of at least 4 members (excludes halogenated alkanes) is 1. The van der Waals surface area contributed by atoms with Crippen molar-refractivity contribution < 1.29 is 9.13 Å². The fourth-order valence-corrected chi connectivity index (χ4v) is 1.69. The summed E-state index contributed by atoms with van der Waals surface area (Å²) in [5, 5.41) is 3.29. The summed E-state index contributed by atoms with van der Waals surface area (Å²) in [5.74, 6) is 0.636. The molecule has 2 nitrogen and oxygen atoms in total. The van der Waals surface area contributed by atoms with E-state index in [0.29, 0.717) is 24.8 Å². The third kappa shape index (κ3) is 6.39. The maximum absolute atomic E-state index is 13.8. The summed E-state index contributed by atoms with van der Waals surface area (Å²) >= 11 is 0. The van der Waals surface area contributed by atoms with Crippen LogP contribution in [-0.2, 0) is 6.54 Å². The van der Waals surface area contributed by atoms with Gasteiger partial charge >= 0.3 is 0 Å². The van der Waals surface area contributed by atoms with Gasteiger partial charge in [-0.2, -0.15) is 0 Å². The first kappa shape index (κ1) is 15.7. The summed E-state index contributed by atoms with van der Waals surface area (Å²) in [6.07, 6.45) is 3.59. The molecule has 0 radical (unpaired) electrons. The van der Waals surface area contributed by atoms with Crippen LogP contribution in [0.25, 0.3) is 0 Å². The second kappa shape index (κ2) is 8.70. The van der Waals surface area contributed by atoms with Gasteiger partial charge in [0.1, 0.15) is 0 Å². The van der Waals surface area contributed by atoms with Gasteiger partial charge in [-0.3, -0.25) is 0 Å². The minimum Gasteiger partial charge on any atom is -0.491 e. The molecular weight excluding hydrogens is 241 g/mol. The maximum atomic E-state index is 13.8. The second-order valence-electron chi connectivity index (χ2n) is 5.07. The fraction of sp³-hybridized carbons (Fsp3) is 0.500. The van der Waals surface area contributed by atoms with Crippen LogP contribution >= 0.6 is 0 Å². The van der Waals surface area contributed by atoms with Crippen LogP contribution in [0.1, 0.15) is 32.3 Å². The second-order valence-corrected chi connectivity index (χ2v) is 5.07. The Morgan fingerprint density at radius 3 is 2.84 bits per heavy atom. The number of nitrogens with one attached hydrogen (secondary N) is 1. The lowest BCUT2D eigenvalue weighted by molar-refractivity contribution is 0.296. The minimum atomic E-state index is -0.289. The molecule has 1 N–H and O–H groups in total. The third-order valence-corrected chi connectivity index (χ3v) is 2.69. The van der Waals surface area contributed by atoms with E-state index in [0.717, 1.165) is 24.9 Å². The molecule has 19 heavy (non-hydrogen) atoms. The fourth-order valence-electron chi connectivity index (χ4n) is 1.69. The van der Waals surface area contributed by atoms with Gasteiger partial charge in [-0.1, -0.05) is 26.0 Å². The van der Waals surface area contributed by atoms with Crippen LogP contribution in [-0.4, -0.2) is 13.2 Å². The van der Waals surface area contributed by atoms with Crippen molar-refractivity contribution >= 4 is 0 Å². The number of benzene rings is 1. The molecule has 1 aromatic carbocycles. The first-order chi connectivity index (χ1) is 9.13. The summed E-state index contributed by atoms with van der Waals surface area (Å²) in [6, 6.07) is 5.14. The number of halogens is 1. The number of hydrogen-bond acceptors (Lipinski definition) is 2. The molecule has 0 saturated heterocycles. The van der Waals surface area contributed by atoms with E-state index in [1.165, 1.54) is 6.07 Å². The zero-order chi connectivity index (χ0) is 14.1. The van der Waals surface area contributed by atoms with Gasteiger partial charge in [-0.05, 0) is 43.0 Å². The molecule has 0 aliphatic heterocycles. The number of allylic oxidation sites excluding steroid dienone is 1. The monoisotopic (exact) mass is 265 g/mol. The van der Waals surface area contributed by atoms with Crippen LogP contribution in [0.3, 0.4) is 0 Å². The van der Waals surface area contributed by atoms with Crippen molar-refractivity contribution in [2.24, 2.45) is 5.92 Å². The molecular formula is C16H24FNO. The largest absolute Gasteiger partial charge is 0.491 e. The first-order valence-corrected chi connectivity index (χ1v) is 6.86. The number of ether oxygens (including phenoxy) is 1. The summed E-state index contributed by atoms with van der Waals surface area (Å²) in [4.78, 5) is 0. The summed E-state index contributed by atoms with van der Waals surface area (Å²) < 4.78 is 19.2. The van der Waals surface area contributed by atoms with Crippen molar-refractivity contribution in [2.45, 2.75) is 33.2 Å². The Bertz CT molecular complexity index is 390. The van der Waals surface area contributed by atoms with E-state index in [1.807, 2.05) is 12.1 Å². The lowest BCUT2D eigenvalue weighted by Gasteiger charge is -2.10. The molecule has 0 aliphatic carbocycles. The molecule has 0 amide bonds. The Hall–Kier alpha value is -1.35. The molecule has 0 aliphatic rings. The average molecular weight is 265 g/mol. The molecule has 0 spiro atoms. The zero-order valence-electron chi connectivity index (χ0n) is 11.9. The van der Waals surface area contributed by atoms with Crippen molar-refractivity contribution in [3.63, 3.8) is 0 Å². The Balaban J connectivity index is 2.42. The molecule has 1 rings (SSSR count). The highest BCUT2D eigenvalue weighted by Crippen LogP contribution is 2.18. The average Bonchev–Trinajstić information content (AvgIpc) is 2.36. The molecule has 0 unspecified atom stereocenters. The van der Waals surface area contributed by atoms with Crippen LogP contribution in [0.2, 0.25) is 0 Å². The maximum Gasteiger partial charge on any atom is 0.165 e. The van der Waals surface area contributed by atoms with Crippen LogP contribution < -0.4 is 10.1 Å². The van der Waals surface area contributed by atoms with Crippen molar-refractivity contribution in [1.82, 2.24) is 5.32 Å². The topological polar surface area (TPSA) is 21.3 Å². The smallest absolute Gasteiger partial charge is 0.165 e. The van der Waals surface area contributed by atoms with Gasteiger partial charge < -0.3 is 10.1 Å².